The minimum absolute atomic E-state index is 0.216. The highest BCUT2D eigenvalue weighted by molar-refractivity contribution is 7.22. The molecule has 1 atom stereocenters. The molecule has 0 saturated carbocycles. The second-order valence-corrected chi connectivity index (χ2v) is 7.01. The number of nitrogens with one attached hydrogen (secondary N) is 1. The van der Waals surface area contributed by atoms with E-state index in [9.17, 15) is 4.79 Å². The number of carbonyl (C=O) groups is 1. The fraction of sp³-hybridized carbons (Fsp3) is 0.467. The molecule has 1 saturated heterocycles. The summed E-state index contributed by atoms with van der Waals surface area (Å²) in [5.74, 6) is -0.216. The molecular weight excluding hydrogens is 306 g/mol. The zero-order chi connectivity index (χ0) is 14.8. The average Bonchev–Trinajstić information content (AvgIpc) is 2.89. The Morgan fingerprint density at radius 2 is 2.14 bits per heavy atom. The third kappa shape index (κ3) is 3.30. The van der Waals surface area contributed by atoms with Gasteiger partial charge in [-0.25, -0.2) is 4.98 Å². The maximum Gasteiger partial charge on any atom is 0.243 e. The molecule has 0 aliphatic carbocycles. The van der Waals surface area contributed by atoms with E-state index >= 15 is 0 Å². The van der Waals surface area contributed by atoms with E-state index in [-0.39, 0.29) is 5.91 Å². The molecule has 1 amide bonds. The Morgan fingerprint density at radius 1 is 1.38 bits per heavy atom. The molecule has 1 aromatic heterocycles. The molecule has 4 nitrogen and oxygen atoms in total. The number of carbonyl (C=O) groups excluding carboxylic acids is 1. The summed E-state index contributed by atoms with van der Waals surface area (Å²) in [6, 6.07) is 6.30. The molecule has 0 bridgehead atoms. The van der Waals surface area contributed by atoms with Crippen LogP contribution in [0.15, 0.2) is 18.2 Å². The van der Waals surface area contributed by atoms with Crippen LogP contribution in [-0.4, -0.2) is 29.4 Å². The molecule has 0 spiro atoms. The van der Waals surface area contributed by atoms with Crippen LogP contribution in [0.2, 0.25) is 0 Å². The number of halogens is 1. The molecule has 1 aliphatic rings. The number of benzene rings is 1. The van der Waals surface area contributed by atoms with Crippen molar-refractivity contribution in [3.8, 4) is 0 Å². The van der Waals surface area contributed by atoms with E-state index in [1.165, 1.54) is 36.3 Å². The quantitative estimate of drug-likeness (QED) is 0.873. The predicted octanol–water partition coefficient (Wildman–Crippen LogP) is 3.85. The highest BCUT2D eigenvalue weighted by Gasteiger charge is 2.14. The minimum atomic E-state index is -0.555. The van der Waals surface area contributed by atoms with Crippen molar-refractivity contribution in [2.45, 2.75) is 31.6 Å². The summed E-state index contributed by atoms with van der Waals surface area (Å²) in [7, 11) is 0. The first-order chi connectivity index (χ1) is 10.1. The summed E-state index contributed by atoms with van der Waals surface area (Å²) in [4.78, 5) is 18.5. The van der Waals surface area contributed by atoms with Crippen molar-refractivity contribution < 1.29 is 4.79 Å². The van der Waals surface area contributed by atoms with Gasteiger partial charge in [-0.05, 0) is 44.4 Å². The Bertz CT molecular complexity index is 649. The van der Waals surface area contributed by atoms with Crippen molar-refractivity contribution in [3.05, 3.63) is 18.2 Å². The Hall–Kier alpha value is -1.33. The van der Waals surface area contributed by atoms with Crippen molar-refractivity contribution >= 4 is 49.9 Å². The van der Waals surface area contributed by atoms with Gasteiger partial charge in [0.1, 0.15) is 5.38 Å². The van der Waals surface area contributed by atoms with Gasteiger partial charge in [-0.3, -0.25) is 4.79 Å². The van der Waals surface area contributed by atoms with E-state index in [1.807, 2.05) is 6.07 Å². The molecular formula is C15H18ClN3OS. The van der Waals surface area contributed by atoms with Crippen LogP contribution < -0.4 is 10.2 Å². The number of fused-ring (bicyclic) bond motifs is 1. The summed E-state index contributed by atoms with van der Waals surface area (Å²) in [6.45, 7) is 3.90. The number of hydrogen-bond donors (Lipinski definition) is 1. The molecule has 0 unspecified atom stereocenters. The Kier molecular flexibility index (Phi) is 4.31. The van der Waals surface area contributed by atoms with Gasteiger partial charge >= 0.3 is 0 Å². The Labute approximate surface area is 133 Å². The average molecular weight is 324 g/mol. The van der Waals surface area contributed by atoms with Crippen molar-refractivity contribution in [3.63, 3.8) is 0 Å². The van der Waals surface area contributed by atoms with E-state index in [4.69, 9.17) is 11.6 Å². The SMILES string of the molecule is C[C@H](Cl)C(=O)Nc1nc2ccc(N3CCCCC3)cc2s1. The highest BCUT2D eigenvalue weighted by atomic mass is 35.5. The summed E-state index contributed by atoms with van der Waals surface area (Å²) in [6.07, 6.45) is 3.84. The van der Waals surface area contributed by atoms with Crippen LogP contribution in [0.4, 0.5) is 10.8 Å². The van der Waals surface area contributed by atoms with Crippen LogP contribution in [0.25, 0.3) is 10.2 Å². The van der Waals surface area contributed by atoms with E-state index in [2.05, 4.69) is 27.3 Å². The van der Waals surface area contributed by atoms with E-state index in [0.717, 1.165) is 23.3 Å². The predicted molar refractivity (Wildman–Crippen MR) is 89.6 cm³/mol. The highest BCUT2D eigenvalue weighted by Crippen LogP contribution is 2.30. The Balaban J connectivity index is 1.82. The number of anilines is 2. The van der Waals surface area contributed by atoms with E-state index < -0.39 is 5.38 Å². The zero-order valence-corrected chi connectivity index (χ0v) is 13.5. The van der Waals surface area contributed by atoms with Gasteiger partial charge in [0.05, 0.1) is 10.2 Å². The van der Waals surface area contributed by atoms with Gasteiger partial charge < -0.3 is 10.2 Å². The minimum Gasteiger partial charge on any atom is -0.371 e. The number of amides is 1. The summed E-state index contributed by atoms with van der Waals surface area (Å²) in [5, 5.41) is 2.81. The lowest BCUT2D eigenvalue weighted by atomic mass is 10.1. The maximum absolute atomic E-state index is 11.6. The second kappa shape index (κ2) is 6.20. The van der Waals surface area contributed by atoms with Gasteiger partial charge in [-0.15, -0.1) is 11.6 Å². The number of hydrogen-bond acceptors (Lipinski definition) is 4. The molecule has 1 N–H and O–H groups in total. The first-order valence-electron chi connectivity index (χ1n) is 7.24. The summed E-state index contributed by atoms with van der Waals surface area (Å²) in [5.41, 5.74) is 2.16. The van der Waals surface area contributed by atoms with Crippen LogP contribution in [0.5, 0.6) is 0 Å². The maximum atomic E-state index is 11.6. The molecule has 3 rings (SSSR count). The van der Waals surface area contributed by atoms with Gasteiger partial charge in [-0.1, -0.05) is 11.3 Å². The normalized spacial score (nSPS) is 17.0. The van der Waals surface area contributed by atoms with Gasteiger partial charge in [0, 0.05) is 18.8 Å². The van der Waals surface area contributed by atoms with Crippen molar-refractivity contribution in [2.75, 3.05) is 23.3 Å². The first-order valence-corrected chi connectivity index (χ1v) is 8.49. The lowest BCUT2D eigenvalue weighted by Crippen LogP contribution is -2.29. The molecule has 6 heteroatoms. The Morgan fingerprint density at radius 3 is 2.86 bits per heavy atom. The third-order valence-electron chi connectivity index (χ3n) is 3.68. The largest absolute Gasteiger partial charge is 0.371 e. The number of aromatic nitrogens is 1. The van der Waals surface area contributed by atoms with Gasteiger partial charge in [-0.2, -0.15) is 0 Å². The molecule has 21 heavy (non-hydrogen) atoms. The lowest BCUT2D eigenvalue weighted by Gasteiger charge is -2.28. The fourth-order valence-corrected chi connectivity index (χ4v) is 3.48. The standard InChI is InChI=1S/C15H18ClN3OS/c1-10(16)14(20)18-15-17-12-6-5-11(9-13(12)21-15)19-7-3-2-4-8-19/h5-6,9-10H,2-4,7-8H2,1H3,(H,17,18,20)/t10-/m0/s1. The van der Waals surface area contributed by atoms with E-state index in [0.29, 0.717) is 5.13 Å². The number of piperidine rings is 1. The van der Waals surface area contributed by atoms with Gasteiger partial charge in [0.15, 0.2) is 5.13 Å². The topological polar surface area (TPSA) is 45.2 Å². The zero-order valence-electron chi connectivity index (χ0n) is 11.9. The van der Waals surface area contributed by atoms with Gasteiger partial charge in [0.25, 0.3) is 0 Å². The molecule has 1 fully saturated rings. The van der Waals surface area contributed by atoms with E-state index in [1.54, 1.807) is 6.92 Å². The number of nitrogens with zero attached hydrogens (tertiary/aromatic N) is 2. The lowest BCUT2D eigenvalue weighted by molar-refractivity contribution is -0.115. The first kappa shape index (κ1) is 14.6. The molecule has 112 valence electrons. The monoisotopic (exact) mass is 323 g/mol. The molecule has 0 radical (unpaired) electrons. The van der Waals surface area contributed by atoms with Crippen LogP contribution in [-0.2, 0) is 4.79 Å². The second-order valence-electron chi connectivity index (χ2n) is 5.32. The molecule has 2 aromatic rings. The summed E-state index contributed by atoms with van der Waals surface area (Å²) >= 11 is 7.25. The number of alkyl halides is 1. The van der Waals surface area contributed by atoms with Crippen molar-refractivity contribution in [1.82, 2.24) is 4.98 Å². The van der Waals surface area contributed by atoms with Crippen LogP contribution >= 0.6 is 22.9 Å². The smallest absolute Gasteiger partial charge is 0.243 e. The van der Waals surface area contributed by atoms with Gasteiger partial charge in [0.2, 0.25) is 5.91 Å². The molecule has 1 aromatic carbocycles. The van der Waals surface area contributed by atoms with Crippen molar-refractivity contribution in [1.29, 1.82) is 0 Å². The fourth-order valence-electron chi connectivity index (χ4n) is 2.52. The van der Waals surface area contributed by atoms with Crippen LogP contribution in [0.3, 0.4) is 0 Å². The number of thiazole rings is 1. The third-order valence-corrected chi connectivity index (χ3v) is 4.82. The van der Waals surface area contributed by atoms with Crippen LogP contribution in [0, 0.1) is 0 Å². The van der Waals surface area contributed by atoms with Crippen molar-refractivity contribution in [2.24, 2.45) is 0 Å². The number of rotatable bonds is 3. The molecule has 1 aliphatic heterocycles. The molecule has 2 heterocycles. The summed E-state index contributed by atoms with van der Waals surface area (Å²) < 4.78 is 1.09. The van der Waals surface area contributed by atoms with Crippen LogP contribution in [0.1, 0.15) is 26.2 Å².